The Morgan fingerprint density at radius 3 is 1.45 bits per heavy atom. The van der Waals surface area contributed by atoms with Crippen molar-refractivity contribution < 1.29 is 59.1 Å². The van der Waals surface area contributed by atoms with E-state index in [-0.39, 0.29) is 59.1 Å². The van der Waals surface area contributed by atoms with E-state index in [1.807, 2.05) is 0 Å². The van der Waals surface area contributed by atoms with Gasteiger partial charge >= 0.3 is 59.1 Å². The monoisotopic (exact) mass is 242 g/mol. The largest absolute Gasteiger partial charge is 1.00 e. The maximum Gasteiger partial charge on any atom is 1.00 e. The second-order valence-electron chi connectivity index (χ2n) is 1.11. The molecule has 11 heavy (non-hydrogen) atoms. The van der Waals surface area contributed by atoms with E-state index >= 15 is 0 Å². The molecule has 0 saturated carbocycles. The second kappa shape index (κ2) is 12.2. The fourth-order valence-corrected chi connectivity index (χ4v) is 0.477. The third-order valence-corrected chi connectivity index (χ3v) is 1.04. The number of hydrogen-bond donors (Lipinski definition) is 2. The zero-order valence-corrected chi connectivity index (χ0v) is 13.6. The van der Waals surface area contributed by atoms with Crippen LogP contribution in [0.25, 0.3) is 0 Å². The third-order valence-electron chi connectivity index (χ3n) is 0.465. The molecule has 0 spiro atoms. The van der Waals surface area contributed by atoms with E-state index in [4.69, 9.17) is 0 Å². The van der Waals surface area contributed by atoms with E-state index in [0.717, 1.165) is 0 Å². The zero-order chi connectivity index (χ0) is 7.28. The summed E-state index contributed by atoms with van der Waals surface area (Å²) in [5, 5.41) is 5.32. The van der Waals surface area contributed by atoms with Crippen LogP contribution in [0.5, 0.6) is 0 Å². The first-order valence-electron chi connectivity index (χ1n) is 2.02. The van der Waals surface area contributed by atoms with Crippen molar-refractivity contribution in [3.05, 3.63) is 0 Å². The number of hydrogen-bond acceptors (Lipinski definition) is 4. The molecule has 0 aromatic rings. The molecule has 0 unspecified atom stereocenters. The number of nitrogens with one attached hydrogen (secondary N) is 2. The molecule has 0 aromatic heterocycles. The molecule has 0 saturated heterocycles. The Bertz CT molecular complexity index is 117. The molecule has 0 aliphatic rings. The summed E-state index contributed by atoms with van der Waals surface area (Å²) in [5.41, 5.74) is 0. The van der Waals surface area contributed by atoms with Crippen molar-refractivity contribution in [1.82, 2.24) is 10.6 Å². The molecule has 0 aromatic carbocycles. The van der Waals surface area contributed by atoms with E-state index < -0.39 is 0 Å². The van der Waals surface area contributed by atoms with Crippen LogP contribution in [0, 0.1) is 0 Å². The minimum absolute atomic E-state index is 0. The SMILES string of the molecule is S=C([S-])NCNC(=S)[S-].[Na+].[Na+]. The van der Waals surface area contributed by atoms with Gasteiger partial charge in [0.2, 0.25) is 0 Å². The molecule has 0 fully saturated rings. The summed E-state index contributed by atoms with van der Waals surface area (Å²) >= 11 is 18.1. The normalized spacial score (nSPS) is 6.55. The first-order chi connectivity index (χ1) is 4.13. The fourth-order valence-electron chi connectivity index (χ4n) is 0.189. The molecule has 0 aliphatic carbocycles. The van der Waals surface area contributed by atoms with E-state index in [2.05, 4.69) is 60.3 Å². The van der Waals surface area contributed by atoms with Gasteiger partial charge in [-0.15, -0.1) is 0 Å². The molecule has 52 valence electrons. The molecule has 0 heterocycles. The molecule has 0 rings (SSSR count). The summed E-state index contributed by atoms with van der Waals surface area (Å²) in [6.45, 7) is 0.421. The Morgan fingerprint density at radius 2 is 1.27 bits per heavy atom. The molecule has 0 aliphatic heterocycles. The summed E-state index contributed by atoms with van der Waals surface area (Å²) in [7, 11) is 0. The van der Waals surface area contributed by atoms with Gasteiger partial charge in [-0.1, -0.05) is 8.64 Å². The molecule has 0 amide bonds. The van der Waals surface area contributed by atoms with Crippen molar-refractivity contribution in [2.75, 3.05) is 6.67 Å². The van der Waals surface area contributed by atoms with Crippen molar-refractivity contribution in [2.45, 2.75) is 0 Å². The van der Waals surface area contributed by atoms with Gasteiger partial charge in [0.1, 0.15) is 0 Å². The molecule has 8 heteroatoms. The second-order valence-corrected chi connectivity index (χ2v) is 3.26. The number of rotatable bonds is 2. The average Bonchev–Trinajstić information content (AvgIpc) is 1.63. The number of thiocarbonyl (C=S) groups is 2. The van der Waals surface area contributed by atoms with Crippen LogP contribution in [0.1, 0.15) is 0 Å². The van der Waals surface area contributed by atoms with Crippen molar-refractivity contribution in [2.24, 2.45) is 0 Å². The molecular formula is C3H4N2Na2S4. The van der Waals surface area contributed by atoms with Crippen LogP contribution in [0.3, 0.4) is 0 Å². The fraction of sp³-hybridized carbons (Fsp3) is 0.333. The molecule has 0 bridgehead atoms. The van der Waals surface area contributed by atoms with Crippen molar-refractivity contribution in [3.8, 4) is 0 Å². The Labute approximate surface area is 132 Å². The van der Waals surface area contributed by atoms with Crippen molar-refractivity contribution in [1.29, 1.82) is 0 Å². The molecule has 2 nitrogen and oxygen atoms in total. The van der Waals surface area contributed by atoms with Gasteiger partial charge in [-0.3, -0.25) is 0 Å². The Balaban J connectivity index is -0.000000320. The smallest absolute Gasteiger partial charge is 0.412 e. The summed E-state index contributed by atoms with van der Waals surface area (Å²) < 4.78 is 0.627. The van der Waals surface area contributed by atoms with Crippen LogP contribution in [0.15, 0.2) is 0 Å². The van der Waals surface area contributed by atoms with Crippen LogP contribution in [0.2, 0.25) is 0 Å². The van der Waals surface area contributed by atoms with Gasteiger partial charge in [0, 0.05) is 0 Å². The van der Waals surface area contributed by atoms with E-state index in [0.29, 0.717) is 15.3 Å². The van der Waals surface area contributed by atoms with Crippen LogP contribution >= 0.6 is 24.4 Å². The van der Waals surface area contributed by atoms with Gasteiger partial charge in [0.25, 0.3) is 0 Å². The zero-order valence-electron chi connectivity index (χ0n) is 6.34. The molecular weight excluding hydrogens is 238 g/mol. The maximum atomic E-state index is 4.53. The first kappa shape index (κ1) is 18.9. The Morgan fingerprint density at radius 1 is 1.00 bits per heavy atom. The quantitative estimate of drug-likeness (QED) is 0.216. The average molecular weight is 242 g/mol. The van der Waals surface area contributed by atoms with Crippen LogP contribution in [0.4, 0.5) is 0 Å². The maximum absolute atomic E-state index is 4.53. The molecule has 0 radical (unpaired) electrons. The summed E-state index contributed by atoms with van der Waals surface area (Å²) in [6.07, 6.45) is 0. The van der Waals surface area contributed by atoms with Gasteiger partial charge in [-0.2, -0.15) is 0 Å². The van der Waals surface area contributed by atoms with Crippen LogP contribution < -0.4 is 69.7 Å². The predicted molar refractivity (Wildman–Crippen MR) is 51.1 cm³/mol. The van der Waals surface area contributed by atoms with Crippen LogP contribution in [-0.4, -0.2) is 15.3 Å². The summed E-state index contributed by atoms with van der Waals surface area (Å²) in [4.78, 5) is 0. The van der Waals surface area contributed by atoms with Gasteiger partial charge < -0.3 is 60.3 Å². The van der Waals surface area contributed by atoms with Gasteiger partial charge in [0.15, 0.2) is 0 Å². The first-order valence-corrected chi connectivity index (χ1v) is 3.66. The minimum atomic E-state index is 0. The van der Waals surface area contributed by atoms with E-state index in [9.17, 15) is 0 Å². The Hall–Kier alpha value is 2.22. The minimum Gasteiger partial charge on any atom is -0.412 e. The van der Waals surface area contributed by atoms with Gasteiger partial charge in [-0.25, -0.2) is 0 Å². The van der Waals surface area contributed by atoms with Crippen LogP contribution in [-0.2, 0) is 25.3 Å². The molecule has 2 N–H and O–H groups in total. The van der Waals surface area contributed by atoms with E-state index in [1.54, 1.807) is 0 Å². The summed E-state index contributed by atoms with van der Waals surface area (Å²) in [5.74, 6) is 0. The summed E-state index contributed by atoms with van der Waals surface area (Å²) in [6, 6.07) is 0. The Kier molecular flexibility index (Phi) is 21.0. The topological polar surface area (TPSA) is 24.1 Å². The predicted octanol–water partition coefficient (Wildman–Crippen LogP) is -6.21. The van der Waals surface area contributed by atoms with Crippen molar-refractivity contribution >= 4 is 58.3 Å². The standard InChI is InChI=1S/C3H6N2S4.2Na/c6-2(7)4-1-5-3(8)9;;/h1H2,(H2,4,6,7)(H2,5,8,9);;/q;2*+1/p-2. The van der Waals surface area contributed by atoms with Crippen molar-refractivity contribution in [3.63, 3.8) is 0 Å². The van der Waals surface area contributed by atoms with Gasteiger partial charge in [0.05, 0.1) is 6.67 Å². The van der Waals surface area contributed by atoms with E-state index in [1.165, 1.54) is 0 Å². The third kappa shape index (κ3) is 18.9. The molecule has 0 atom stereocenters. The van der Waals surface area contributed by atoms with Gasteiger partial charge in [-0.05, 0) is 0 Å².